The van der Waals surface area contributed by atoms with E-state index < -0.39 is 59.1 Å². The summed E-state index contributed by atoms with van der Waals surface area (Å²) in [5, 5.41) is 15.5. The van der Waals surface area contributed by atoms with Crippen molar-refractivity contribution in [1.82, 2.24) is 15.5 Å². The molecule has 0 heterocycles. The van der Waals surface area contributed by atoms with Crippen molar-refractivity contribution in [2.75, 3.05) is 32.2 Å². The van der Waals surface area contributed by atoms with Crippen molar-refractivity contribution in [2.45, 2.75) is 89.8 Å². The SMILES string of the molecule is COC(=O)CCCCCCCNC(=O)[C@H](Cc1ccccc1)NC(=O)CN(C(=O)[C@H](N)CCS(C)=O)C(=O)[C@@H](N)Cc1c(C)cc(O)cc1C.Cl.O. The van der Waals surface area contributed by atoms with Crippen molar-refractivity contribution < 1.29 is 43.5 Å². The van der Waals surface area contributed by atoms with Gasteiger partial charge < -0.3 is 37.4 Å². The molecule has 292 valence electrons. The maximum absolute atomic E-state index is 13.7. The molecule has 0 saturated heterocycles. The Hall–Kier alpha value is -3.89. The lowest BCUT2D eigenvalue weighted by molar-refractivity contribution is -0.149. The van der Waals surface area contributed by atoms with E-state index >= 15 is 0 Å². The van der Waals surface area contributed by atoms with Gasteiger partial charge >= 0.3 is 5.97 Å². The van der Waals surface area contributed by atoms with Crippen LogP contribution in [0, 0.1) is 13.8 Å². The molecule has 2 rings (SSSR count). The number of carbonyl (C=O) groups is 5. The molecule has 0 aromatic heterocycles. The summed E-state index contributed by atoms with van der Waals surface area (Å²) in [6, 6.07) is 8.73. The highest BCUT2D eigenvalue weighted by atomic mass is 35.5. The highest BCUT2D eigenvalue weighted by Gasteiger charge is 2.33. The number of methoxy groups -OCH3 is 1. The van der Waals surface area contributed by atoms with Crippen LogP contribution in [0.3, 0.4) is 0 Å². The second-order valence-corrected chi connectivity index (χ2v) is 14.1. The van der Waals surface area contributed by atoms with Crippen LogP contribution in [-0.2, 0) is 52.4 Å². The van der Waals surface area contributed by atoms with E-state index in [9.17, 15) is 33.3 Å². The van der Waals surface area contributed by atoms with E-state index in [2.05, 4.69) is 15.4 Å². The van der Waals surface area contributed by atoms with E-state index in [1.807, 2.05) is 30.3 Å². The number of hydrogen-bond acceptors (Lipinski definition) is 10. The Morgan fingerprint density at radius 2 is 1.48 bits per heavy atom. The monoisotopic (exact) mass is 769 g/mol. The third kappa shape index (κ3) is 17.1. The Morgan fingerprint density at radius 3 is 2.08 bits per heavy atom. The summed E-state index contributed by atoms with van der Waals surface area (Å²) in [5.74, 6) is -2.91. The molecule has 0 bridgehead atoms. The number of nitrogens with one attached hydrogen (secondary N) is 2. The number of unbranched alkanes of at least 4 members (excludes halogenated alkanes) is 4. The first-order chi connectivity index (χ1) is 23.7. The Kier molecular flexibility index (Phi) is 23.3. The van der Waals surface area contributed by atoms with Crippen LogP contribution in [0.1, 0.15) is 67.2 Å². The number of amides is 4. The number of carbonyl (C=O) groups excluding carboxylic acids is 5. The van der Waals surface area contributed by atoms with Crippen LogP contribution in [0.2, 0.25) is 0 Å². The number of phenolic OH excluding ortho intramolecular Hbond substituents is 1. The Balaban J connectivity index is 0.0000130. The van der Waals surface area contributed by atoms with Crippen LogP contribution in [0.25, 0.3) is 0 Å². The number of nitrogens with two attached hydrogens (primary N) is 2. The number of nitrogens with zero attached hydrogens (tertiary/aromatic N) is 1. The number of ether oxygens (including phenoxy) is 1. The molecule has 0 saturated carbocycles. The molecule has 0 radical (unpaired) electrons. The minimum atomic E-state index is -1.24. The number of aryl methyl sites for hydroxylation is 2. The first-order valence-electron chi connectivity index (χ1n) is 16.9. The number of esters is 1. The van der Waals surface area contributed by atoms with Gasteiger partial charge in [-0.25, -0.2) is 0 Å². The lowest BCUT2D eigenvalue weighted by atomic mass is 9.95. The Morgan fingerprint density at radius 1 is 0.904 bits per heavy atom. The van der Waals surface area contributed by atoms with Gasteiger partial charge in [0.1, 0.15) is 18.3 Å². The summed E-state index contributed by atoms with van der Waals surface area (Å²) in [6.07, 6.45) is 6.07. The van der Waals surface area contributed by atoms with Crippen LogP contribution in [0.5, 0.6) is 5.75 Å². The minimum Gasteiger partial charge on any atom is -0.508 e. The van der Waals surface area contributed by atoms with Crippen molar-refractivity contribution in [3.63, 3.8) is 0 Å². The quantitative estimate of drug-likeness (QED) is 0.0900. The van der Waals surface area contributed by atoms with Gasteiger partial charge in [-0.05, 0) is 73.9 Å². The molecule has 0 aliphatic rings. The van der Waals surface area contributed by atoms with E-state index in [1.54, 1.807) is 26.0 Å². The summed E-state index contributed by atoms with van der Waals surface area (Å²) in [7, 11) is 0.119. The number of halogens is 1. The molecule has 1 unspecified atom stereocenters. The standard InChI is InChI=1S/C36H53N5O8S.ClH.H2O/c1-24-19-27(42)20-25(2)28(24)22-30(38)36(47)41(35(46)29(37)16-18-50(4)48)23-32(43)40-31(21-26-13-9-8-10-14-26)34(45)39-17-12-7-5-6-11-15-33(44)49-3;;/h8-10,13-14,19-20,29-31,42H,5-7,11-12,15-18,21-23,37-38H2,1-4H3,(H,39,45)(H,40,43);1H;1H2/t29-,30+,31+,50?;;/m1../s1. The highest BCUT2D eigenvalue weighted by Crippen LogP contribution is 2.22. The Labute approximate surface area is 315 Å². The third-order valence-corrected chi connectivity index (χ3v) is 9.12. The van der Waals surface area contributed by atoms with Crippen molar-refractivity contribution >= 4 is 52.8 Å². The molecule has 0 fully saturated rings. The molecule has 4 atom stereocenters. The number of hydrogen-bond donors (Lipinski definition) is 5. The molecule has 0 aliphatic carbocycles. The summed E-state index contributed by atoms with van der Waals surface area (Å²) >= 11 is 0. The highest BCUT2D eigenvalue weighted by molar-refractivity contribution is 7.84. The topological polar surface area (TPSA) is 243 Å². The van der Waals surface area contributed by atoms with Crippen molar-refractivity contribution in [3.05, 3.63) is 64.7 Å². The fraction of sp³-hybridized carbons (Fsp3) is 0.528. The van der Waals surface area contributed by atoms with Crippen LogP contribution in [-0.4, -0.2) is 99.6 Å². The van der Waals surface area contributed by atoms with Gasteiger partial charge in [-0.1, -0.05) is 49.6 Å². The summed E-state index contributed by atoms with van der Waals surface area (Å²) in [5.41, 5.74) is 15.4. The van der Waals surface area contributed by atoms with Crippen LogP contribution >= 0.6 is 12.4 Å². The molecule has 4 amide bonds. The van der Waals surface area contributed by atoms with Gasteiger partial charge in [0.05, 0.1) is 19.2 Å². The zero-order chi connectivity index (χ0) is 37.2. The predicted molar refractivity (Wildman–Crippen MR) is 203 cm³/mol. The molecule has 0 spiro atoms. The lowest BCUT2D eigenvalue weighted by Crippen LogP contribution is -2.57. The average Bonchev–Trinajstić information content (AvgIpc) is 3.07. The second-order valence-electron chi connectivity index (χ2n) is 12.5. The van der Waals surface area contributed by atoms with Gasteiger partial charge in [0.15, 0.2) is 0 Å². The summed E-state index contributed by atoms with van der Waals surface area (Å²) < 4.78 is 16.3. The van der Waals surface area contributed by atoms with Crippen LogP contribution in [0.15, 0.2) is 42.5 Å². The minimum absolute atomic E-state index is 0. The second kappa shape index (κ2) is 25.1. The van der Waals surface area contributed by atoms with Crippen molar-refractivity contribution in [2.24, 2.45) is 11.5 Å². The van der Waals surface area contributed by atoms with Gasteiger partial charge in [0.2, 0.25) is 23.6 Å². The van der Waals surface area contributed by atoms with Crippen LogP contribution < -0.4 is 22.1 Å². The smallest absolute Gasteiger partial charge is 0.305 e. The van der Waals surface area contributed by atoms with E-state index in [0.29, 0.717) is 41.0 Å². The van der Waals surface area contributed by atoms with E-state index in [-0.39, 0.29) is 54.6 Å². The average molecular weight is 770 g/mol. The van der Waals surface area contributed by atoms with Crippen molar-refractivity contribution in [1.29, 1.82) is 0 Å². The summed E-state index contributed by atoms with van der Waals surface area (Å²) in [6.45, 7) is 3.18. The molecule has 2 aromatic rings. The first-order valence-corrected chi connectivity index (χ1v) is 18.6. The molecular weight excluding hydrogens is 714 g/mol. The van der Waals surface area contributed by atoms with E-state index in [0.717, 1.165) is 31.2 Å². The third-order valence-electron chi connectivity index (χ3n) is 8.31. The first kappa shape index (κ1) is 48.1. The number of aromatic hydroxyl groups is 1. The molecule has 52 heavy (non-hydrogen) atoms. The maximum Gasteiger partial charge on any atom is 0.305 e. The Bertz CT molecular complexity index is 1460. The normalized spacial score (nSPS) is 12.9. The molecule has 0 aliphatic heterocycles. The molecular formula is C36H56ClN5O9S. The van der Waals surface area contributed by atoms with Crippen molar-refractivity contribution in [3.8, 4) is 5.75 Å². The molecule has 14 nitrogen and oxygen atoms in total. The van der Waals surface area contributed by atoms with Gasteiger partial charge in [0, 0.05) is 42.2 Å². The number of rotatable bonds is 21. The maximum atomic E-state index is 13.7. The van der Waals surface area contributed by atoms with Gasteiger partial charge in [-0.2, -0.15) is 0 Å². The largest absolute Gasteiger partial charge is 0.508 e. The van der Waals surface area contributed by atoms with E-state index in [1.165, 1.54) is 13.4 Å². The zero-order valence-electron chi connectivity index (χ0n) is 30.5. The fourth-order valence-corrected chi connectivity index (χ4v) is 6.07. The number of benzene rings is 2. The number of imide groups is 1. The van der Waals surface area contributed by atoms with E-state index in [4.69, 9.17) is 11.5 Å². The number of phenols is 1. The zero-order valence-corrected chi connectivity index (χ0v) is 32.1. The lowest BCUT2D eigenvalue weighted by Gasteiger charge is -2.27. The molecule has 2 aromatic carbocycles. The van der Waals surface area contributed by atoms with Gasteiger partial charge in [0.25, 0.3) is 0 Å². The van der Waals surface area contributed by atoms with Gasteiger partial charge in [-0.15, -0.1) is 12.4 Å². The summed E-state index contributed by atoms with van der Waals surface area (Å²) in [4.78, 5) is 66.0. The van der Waals surface area contributed by atoms with Gasteiger partial charge in [-0.3, -0.25) is 33.1 Å². The fourth-order valence-electron chi connectivity index (χ4n) is 5.49. The molecule has 9 N–H and O–H groups in total. The molecule has 16 heteroatoms. The predicted octanol–water partition coefficient (Wildman–Crippen LogP) is 1.28. The van der Waals surface area contributed by atoms with Crippen LogP contribution in [0.4, 0.5) is 0 Å².